The molecule has 0 amide bonds. The maximum atomic E-state index is 13.3. The largest absolute Gasteiger partial charge is 0.379 e. The first-order valence-electron chi connectivity index (χ1n) is 9.85. The van der Waals surface area contributed by atoms with Gasteiger partial charge < -0.3 is 15.4 Å². The Morgan fingerprint density at radius 3 is 2.62 bits per heavy atom. The molecule has 1 aliphatic carbocycles. The van der Waals surface area contributed by atoms with Crippen LogP contribution in [0.1, 0.15) is 37.8 Å². The van der Waals surface area contributed by atoms with Crippen LogP contribution in [-0.4, -0.2) is 56.8 Å². The summed E-state index contributed by atoms with van der Waals surface area (Å²) in [5.41, 5.74) is 1.10. The number of hydrogen-bond acceptors (Lipinski definition) is 3. The molecule has 1 aliphatic heterocycles. The second kappa shape index (κ2) is 9.88. The zero-order valence-corrected chi connectivity index (χ0v) is 15.7. The number of halogens is 1. The molecule has 1 heterocycles. The Balaban J connectivity index is 1.66. The van der Waals surface area contributed by atoms with E-state index >= 15 is 0 Å². The first kappa shape index (κ1) is 19.1. The van der Waals surface area contributed by atoms with Gasteiger partial charge in [-0.05, 0) is 37.0 Å². The van der Waals surface area contributed by atoms with E-state index in [1.165, 1.54) is 31.4 Å². The van der Waals surface area contributed by atoms with Gasteiger partial charge in [0.25, 0.3) is 0 Å². The van der Waals surface area contributed by atoms with Crippen molar-refractivity contribution in [2.24, 2.45) is 10.9 Å². The van der Waals surface area contributed by atoms with Gasteiger partial charge in [0, 0.05) is 26.2 Å². The van der Waals surface area contributed by atoms with Gasteiger partial charge in [0.15, 0.2) is 5.96 Å². The smallest absolute Gasteiger partial charge is 0.191 e. The van der Waals surface area contributed by atoms with Gasteiger partial charge in [-0.1, -0.05) is 25.0 Å². The molecular weight excluding hydrogens is 331 g/mol. The van der Waals surface area contributed by atoms with Gasteiger partial charge >= 0.3 is 0 Å². The molecule has 0 spiro atoms. The van der Waals surface area contributed by atoms with Crippen LogP contribution in [0.5, 0.6) is 0 Å². The molecule has 1 aromatic carbocycles. The van der Waals surface area contributed by atoms with Crippen LogP contribution in [0.4, 0.5) is 4.39 Å². The Morgan fingerprint density at radius 2 is 1.96 bits per heavy atom. The van der Waals surface area contributed by atoms with Crippen LogP contribution < -0.4 is 10.6 Å². The van der Waals surface area contributed by atoms with Crippen molar-refractivity contribution in [1.29, 1.82) is 0 Å². The van der Waals surface area contributed by atoms with E-state index in [4.69, 9.17) is 9.73 Å². The average Bonchev–Trinajstić information content (AvgIpc) is 3.48. The molecule has 3 rings (SSSR count). The topological polar surface area (TPSA) is 48.9 Å². The van der Waals surface area contributed by atoms with Gasteiger partial charge in [0.05, 0.1) is 25.8 Å². The van der Waals surface area contributed by atoms with Crippen LogP contribution in [0.2, 0.25) is 0 Å². The zero-order valence-electron chi connectivity index (χ0n) is 15.7. The number of hydrogen-bond donors (Lipinski definition) is 2. The maximum absolute atomic E-state index is 13.3. The quantitative estimate of drug-likeness (QED) is 0.551. The standard InChI is InChI=1S/C20H31FN4O/c1-2-22-20(23-10-9-16-3-4-16)24-15-19(25-11-13-26-14-12-25)17-5-7-18(21)8-6-17/h5-8,16,19H,2-4,9-15H2,1H3,(H2,22,23,24). The van der Waals surface area contributed by atoms with Crippen molar-refractivity contribution in [2.45, 2.75) is 32.2 Å². The number of benzene rings is 1. The van der Waals surface area contributed by atoms with Crippen LogP contribution in [0.15, 0.2) is 29.3 Å². The predicted molar refractivity (Wildman–Crippen MR) is 103 cm³/mol. The van der Waals surface area contributed by atoms with Crippen molar-refractivity contribution in [3.05, 3.63) is 35.6 Å². The molecule has 26 heavy (non-hydrogen) atoms. The van der Waals surface area contributed by atoms with Crippen molar-refractivity contribution in [3.63, 3.8) is 0 Å². The van der Waals surface area contributed by atoms with Gasteiger partial charge in [-0.25, -0.2) is 4.39 Å². The third-order valence-corrected chi connectivity index (χ3v) is 5.05. The van der Waals surface area contributed by atoms with E-state index < -0.39 is 0 Å². The summed E-state index contributed by atoms with van der Waals surface area (Å²) in [5.74, 6) is 1.58. The van der Waals surface area contributed by atoms with Crippen molar-refractivity contribution >= 4 is 5.96 Å². The third-order valence-electron chi connectivity index (χ3n) is 5.05. The molecule has 6 heteroatoms. The molecule has 2 aliphatic rings. The summed E-state index contributed by atoms with van der Waals surface area (Å²) in [6.45, 7) is 7.76. The van der Waals surface area contributed by atoms with E-state index in [0.717, 1.165) is 56.8 Å². The number of morpholine rings is 1. The molecule has 5 nitrogen and oxygen atoms in total. The van der Waals surface area contributed by atoms with Crippen LogP contribution >= 0.6 is 0 Å². The fourth-order valence-electron chi connectivity index (χ4n) is 3.33. The van der Waals surface area contributed by atoms with Crippen molar-refractivity contribution < 1.29 is 9.13 Å². The van der Waals surface area contributed by atoms with Crippen molar-refractivity contribution in [3.8, 4) is 0 Å². The molecular formula is C20H31FN4O. The van der Waals surface area contributed by atoms with Gasteiger partial charge in [0.1, 0.15) is 5.82 Å². The third kappa shape index (κ3) is 5.95. The van der Waals surface area contributed by atoms with Crippen LogP contribution in [-0.2, 0) is 4.74 Å². The lowest BCUT2D eigenvalue weighted by atomic mass is 10.0. The summed E-state index contributed by atoms with van der Waals surface area (Å²) < 4.78 is 18.8. The summed E-state index contributed by atoms with van der Waals surface area (Å²) in [7, 11) is 0. The lowest BCUT2D eigenvalue weighted by molar-refractivity contribution is 0.0179. The monoisotopic (exact) mass is 362 g/mol. The van der Waals surface area contributed by atoms with E-state index in [9.17, 15) is 4.39 Å². The summed E-state index contributed by atoms with van der Waals surface area (Å²) in [5, 5.41) is 6.78. The van der Waals surface area contributed by atoms with Gasteiger partial charge in [-0.15, -0.1) is 0 Å². The number of nitrogens with one attached hydrogen (secondary N) is 2. The lowest BCUT2D eigenvalue weighted by Gasteiger charge is -2.34. The summed E-state index contributed by atoms with van der Waals surface area (Å²) in [6.07, 6.45) is 3.97. The number of rotatable bonds is 8. The molecule has 0 radical (unpaired) electrons. The SMILES string of the molecule is CCNC(=NCC(c1ccc(F)cc1)N1CCOCC1)NCCC1CC1. The van der Waals surface area contributed by atoms with E-state index in [1.807, 2.05) is 12.1 Å². The van der Waals surface area contributed by atoms with Gasteiger partial charge in [-0.2, -0.15) is 0 Å². The average molecular weight is 362 g/mol. The second-order valence-corrected chi connectivity index (χ2v) is 7.09. The Kier molecular flexibility index (Phi) is 7.26. The maximum Gasteiger partial charge on any atom is 0.191 e. The fourth-order valence-corrected chi connectivity index (χ4v) is 3.33. The molecule has 1 saturated heterocycles. The van der Waals surface area contributed by atoms with Crippen molar-refractivity contribution in [1.82, 2.24) is 15.5 Å². The number of guanidine groups is 1. The highest BCUT2D eigenvalue weighted by atomic mass is 19.1. The number of ether oxygens (including phenoxy) is 1. The summed E-state index contributed by atoms with van der Waals surface area (Å²) in [6, 6.07) is 6.95. The van der Waals surface area contributed by atoms with E-state index in [1.54, 1.807) is 0 Å². The highest BCUT2D eigenvalue weighted by Gasteiger charge is 2.23. The van der Waals surface area contributed by atoms with E-state index in [-0.39, 0.29) is 11.9 Å². The Bertz CT molecular complexity index is 568. The highest BCUT2D eigenvalue weighted by Crippen LogP contribution is 2.31. The zero-order chi connectivity index (χ0) is 18.2. The Labute approximate surface area is 156 Å². The highest BCUT2D eigenvalue weighted by molar-refractivity contribution is 5.79. The Hall–Kier alpha value is -1.66. The van der Waals surface area contributed by atoms with Crippen LogP contribution in [0, 0.1) is 11.7 Å². The molecule has 0 aromatic heterocycles. The Morgan fingerprint density at radius 1 is 1.23 bits per heavy atom. The van der Waals surface area contributed by atoms with Gasteiger partial charge in [0.2, 0.25) is 0 Å². The number of aliphatic imine (C=N–C) groups is 1. The molecule has 0 bridgehead atoms. The van der Waals surface area contributed by atoms with E-state index in [2.05, 4.69) is 22.5 Å². The van der Waals surface area contributed by atoms with Crippen molar-refractivity contribution in [2.75, 3.05) is 45.9 Å². The predicted octanol–water partition coefficient (Wildman–Crippen LogP) is 2.55. The molecule has 1 unspecified atom stereocenters. The minimum atomic E-state index is -0.201. The van der Waals surface area contributed by atoms with E-state index in [0.29, 0.717) is 6.54 Å². The van der Waals surface area contributed by atoms with Gasteiger partial charge in [-0.3, -0.25) is 9.89 Å². The molecule has 2 fully saturated rings. The van der Waals surface area contributed by atoms with Crippen LogP contribution in [0.25, 0.3) is 0 Å². The fraction of sp³-hybridized carbons (Fsp3) is 0.650. The lowest BCUT2D eigenvalue weighted by Crippen LogP contribution is -2.42. The second-order valence-electron chi connectivity index (χ2n) is 7.09. The molecule has 144 valence electrons. The molecule has 2 N–H and O–H groups in total. The minimum absolute atomic E-state index is 0.137. The van der Waals surface area contributed by atoms with Crippen LogP contribution in [0.3, 0.4) is 0 Å². The first-order chi connectivity index (χ1) is 12.8. The summed E-state index contributed by atoms with van der Waals surface area (Å²) >= 11 is 0. The number of nitrogens with zero attached hydrogens (tertiary/aromatic N) is 2. The normalized spacial score (nSPS) is 20.0. The first-order valence-corrected chi connectivity index (χ1v) is 9.85. The molecule has 1 atom stereocenters. The minimum Gasteiger partial charge on any atom is -0.379 e. The molecule has 1 aromatic rings. The molecule has 1 saturated carbocycles. The summed E-state index contributed by atoms with van der Waals surface area (Å²) in [4.78, 5) is 7.21.